The van der Waals surface area contributed by atoms with Gasteiger partial charge in [-0.1, -0.05) is 17.7 Å². The Morgan fingerprint density at radius 2 is 1.77 bits per heavy atom. The van der Waals surface area contributed by atoms with Crippen molar-refractivity contribution in [1.82, 2.24) is 19.7 Å². The highest BCUT2D eigenvalue weighted by Gasteiger charge is 2.41. The first-order chi connectivity index (χ1) is 14.5. The van der Waals surface area contributed by atoms with Gasteiger partial charge in [0.15, 0.2) is 5.69 Å². The third-order valence-corrected chi connectivity index (χ3v) is 5.03. The number of aryl methyl sites for hydroxylation is 2. The van der Waals surface area contributed by atoms with Gasteiger partial charge in [-0.2, -0.15) is 18.3 Å². The lowest BCUT2D eigenvalue weighted by molar-refractivity contribution is -0.143. The maximum atomic E-state index is 13.9. The topological polar surface area (TPSA) is 60.2 Å². The monoisotopic (exact) mass is 432 g/mol. The normalized spacial score (nSPS) is 11.5. The zero-order valence-corrected chi connectivity index (χ0v) is 17.9. The van der Waals surface area contributed by atoms with Crippen molar-refractivity contribution in [3.63, 3.8) is 0 Å². The second-order valence-corrected chi connectivity index (χ2v) is 7.36. The molecule has 1 amide bonds. The minimum absolute atomic E-state index is 0.0221. The summed E-state index contributed by atoms with van der Waals surface area (Å²) < 4.78 is 47.8. The van der Waals surface area contributed by atoms with E-state index in [1.807, 2.05) is 13.8 Å². The van der Waals surface area contributed by atoms with Crippen LogP contribution in [-0.4, -0.2) is 39.7 Å². The van der Waals surface area contributed by atoms with E-state index in [9.17, 15) is 18.0 Å². The smallest absolute Gasteiger partial charge is 0.434 e. The minimum Gasteiger partial charge on any atom is -0.496 e. The first-order valence-electron chi connectivity index (χ1n) is 9.51. The van der Waals surface area contributed by atoms with E-state index in [1.165, 1.54) is 31.2 Å². The highest BCUT2D eigenvalue weighted by atomic mass is 19.4. The summed E-state index contributed by atoms with van der Waals surface area (Å²) in [6.07, 6.45) is -2.21. The van der Waals surface area contributed by atoms with Crippen molar-refractivity contribution in [3.8, 4) is 11.4 Å². The molecule has 1 aromatic carbocycles. The number of benzene rings is 1. The number of carbonyl (C=O) groups is 1. The van der Waals surface area contributed by atoms with Crippen molar-refractivity contribution in [1.29, 1.82) is 0 Å². The third-order valence-electron chi connectivity index (χ3n) is 5.03. The van der Waals surface area contributed by atoms with Crippen molar-refractivity contribution in [2.75, 3.05) is 14.2 Å². The number of hydrogen-bond acceptors (Lipinski definition) is 4. The first-order valence-corrected chi connectivity index (χ1v) is 9.51. The highest BCUT2D eigenvalue weighted by Crippen LogP contribution is 2.34. The summed E-state index contributed by atoms with van der Waals surface area (Å²) in [6, 6.07) is 6.43. The summed E-state index contributed by atoms with van der Waals surface area (Å²) in [6.45, 7) is 5.49. The average molecular weight is 432 g/mol. The molecule has 0 spiro atoms. The number of pyridine rings is 1. The van der Waals surface area contributed by atoms with Gasteiger partial charge in [0.1, 0.15) is 5.75 Å². The molecule has 3 aromatic rings. The fourth-order valence-electron chi connectivity index (χ4n) is 3.39. The predicted molar refractivity (Wildman–Crippen MR) is 109 cm³/mol. The van der Waals surface area contributed by atoms with Crippen LogP contribution in [0.2, 0.25) is 0 Å². The van der Waals surface area contributed by atoms with Crippen LogP contribution in [0, 0.1) is 20.8 Å². The number of hydrogen-bond donors (Lipinski definition) is 0. The van der Waals surface area contributed by atoms with Crippen molar-refractivity contribution < 1.29 is 22.7 Å². The van der Waals surface area contributed by atoms with Gasteiger partial charge in [-0.3, -0.25) is 9.78 Å². The van der Waals surface area contributed by atoms with Crippen LogP contribution in [0.15, 0.2) is 36.7 Å². The average Bonchev–Trinajstić information content (AvgIpc) is 3.16. The second kappa shape index (κ2) is 8.41. The maximum Gasteiger partial charge on any atom is 0.434 e. The summed E-state index contributed by atoms with van der Waals surface area (Å²) in [5.74, 6) is -0.166. The van der Waals surface area contributed by atoms with Crippen molar-refractivity contribution >= 4 is 5.91 Å². The molecule has 2 aromatic heterocycles. The van der Waals surface area contributed by atoms with Crippen molar-refractivity contribution in [3.05, 3.63) is 70.3 Å². The van der Waals surface area contributed by atoms with E-state index >= 15 is 0 Å². The molecule has 0 radical (unpaired) electrons. The molecule has 0 saturated carbocycles. The van der Waals surface area contributed by atoms with Gasteiger partial charge >= 0.3 is 6.18 Å². The van der Waals surface area contributed by atoms with Gasteiger partial charge < -0.3 is 9.64 Å². The van der Waals surface area contributed by atoms with Gasteiger partial charge in [0.2, 0.25) is 0 Å². The number of halogens is 3. The van der Waals surface area contributed by atoms with Crippen LogP contribution in [0.25, 0.3) is 5.69 Å². The molecule has 0 aliphatic rings. The molecular formula is C22H23F3N4O2. The SMILES string of the molecule is COc1c(C)cnc(CN(C)C(=O)c2cnn(-c3ccc(C)cc3)c2C(F)(F)F)c1C. The Labute approximate surface area is 178 Å². The largest absolute Gasteiger partial charge is 0.496 e. The highest BCUT2D eigenvalue weighted by molar-refractivity contribution is 5.95. The summed E-state index contributed by atoms with van der Waals surface area (Å²) in [4.78, 5) is 18.5. The van der Waals surface area contributed by atoms with E-state index in [-0.39, 0.29) is 12.2 Å². The van der Waals surface area contributed by atoms with Gasteiger partial charge in [-0.25, -0.2) is 4.68 Å². The van der Waals surface area contributed by atoms with E-state index in [2.05, 4.69) is 10.1 Å². The van der Waals surface area contributed by atoms with Crippen LogP contribution in [0.5, 0.6) is 5.75 Å². The van der Waals surface area contributed by atoms with Gasteiger partial charge in [0, 0.05) is 24.4 Å². The predicted octanol–water partition coefficient (Wildman–Crippen LogP) is 4.49. The number of alkyl halides is 3. The molecule has 2 heterocycles. The Balaban J connectivity index is 1.97. The molecule has 0 aliphatic heterocycles. The third kappa shape index (κ3) is 4.40. The van der Waals surface area contributed by atoms with E-state index in [4.69, 9.17) is 4.74 Å². The number of amides is 1. The minimum atomic E-state index is -4.77. The van der Waals surface area contributed by atoms with Crippen LogP contribution in [-0.2, 0) is 12.7 Å². The summed E-state index contributed by atoms with van der Waals surface area (Å²) in [7, 11) is 2.96. The molecular weight excluding hydrogens is 409 g/mol. The molecule has 6 nitrogen and oxygen atoms in total. The quantitative estimate of drug-likeness (QED) is 0.596. The lowest BCUT2D eigenvalue weighted by atomic mass is 10.1. The first kappa shape index (κ1) is 22.3. The Bertz CT molecular complexity index is 1110. The van der Waals surface area contributed by atoms with Gasteiger partial charge in [0.05, 0.1) is 36.8 Å². The lowest BCUT2D eigenvalue weighted by Crippen LogP contribution is -2.29. The van der Waals surface area contributed by atoms with Crippen LogP contribution in [0.1, 0.15) is 38.4 Å². The van der Waals surface area contributed by atoms with Crippen LogP contribution in [0.4, 0.5) is 13.2 Å². The standard InChI is InChI=1S/C22H23F3N4O2/c1-13-6-8-16(9-7-13)29-20(22(23,24)25)17(11-27-29)21(30)28(4)12-18-15(3)19(31-5)14(2)10-26-18/h6-11H,12H2,1-5H3. The van der Waals surface area contributed by atoms with Gasteiger partial charge in [-0.15, -0.1) is 0 Å². The zero-order valence-electron chi connectivity index (χ0n) is 17.9. The molecule has 31 heavy (non-hydrogen) atoms. The fraction of sp³-hybridized carbons (Fsp3) is 0.318. The summed E-state index contributed by atoms with van der Waals surface area (Å²) >= 11 is 0. The van der Waals surface area contributed by atoms with E-state index < -0.39 is 23.3 Å². The van der Waals surface area contributed by atoms with E-state index in [0.29, 0.717) is 11.4 Å². The van der Waals surface area contributed by atoms with Crippen LogP contribution >= 0.6 is 0 Å². The molecule has 0 atom stereocenters. The van der Waals surface area contributed by atoms with E-state index in [0.717, 1.165) is 27.6 Å². The second-order valence-electron chi connectivity index (χ2n) is 7.36. The van der Waals surface area contributed by atoms with Gasteiger partial charge in [-0.05, 0) is 32.9 Å². The van der Waals surface area contributed by atoms with Crippen LogP contribution in [0.3, 0.4) is 0 Å². The van der Waals surface area contributed by atoms with E-state index in [1.54, 1.807) is 25.3 Å². The lowest BCUT2D eigenvalue weighted by Gasteiger charge is -2.20. The zero-order chi connectivity index (χ0) is 22.9. The van der Waals surface area contributed by atoms with Crippen LogP contribution < -0.4 is 4.74 Å². The molecule has 9 heteroatoms. The Hall–Kier alpha value is -3.36. The number of nitrogens with zero attached hydrogens (tertiary/aromatic N) is 4. The Morgan fingerprint density at radius 3 is 2.35 bits per heavy atom. The summed E-state index contributed by atoms with van der Waals surface area (Å²) in [5.41, 5.74) is 1.59. The molecule has 0 unspecified atom stereocenters. The Kier molecular flexibility index (Phi) is 6.06. The Morgan fingerprint density at radius 1 is 1.13 bits per heavy atom. The molecule has 3 rings (SSSR count). The number of carbonyl (C=O) groups excluding carboxylic acids is 1. The molecule has 0 saturated heterocycles. The number of methoxy groups -OCH3 is 1. The van der Waals surface area contributed by atoms with Gasteiger partial charge in [0.25, 0.3) is 5.91 Å². The maximum absolute atomic E-state index is 13.9. The fourth-order valence-corrected chi connectivity index (χ4v) is 3.39. The van der Waals surface area contributed by atoms with Crippen molar-refractivity contribution in [2.45, 2.75) is 33.5 Å². The molecule has 0 bridgehead atoms. The van der Waals surface area contributed by atoms with Crippen molar-refractivity contribution in [2.24, 2.45) is 0 Å². The number of aromatic nitrogens is 3. The number of rotatable bonds is 5. The molecule has 0 fully saturated rings. The molecule has 0 N–H and O–H groups in total. The number of ether oxygens (including phenoxy) is 1. The molecule has 164 valence electrons. The summed E-state index contributed by atoms with van der Waals surface area (Å²) in [5, 5.41) is 3.86. The molecule has 0 aliphatic carbocycles.